The standard InChI is InChI=1S/C25H33N11O/c1-16-20(10-17(11-27-16)23(37)26-7-9-36-8-6-25(2,3)15-36)31-21-19-13-28-24(32-22(19)35(5)33-21)30-18-12-29-34(4)14-18/h10-14H,6-9,15H2,1-5H3,(H,26,37)(H,31,33)(H,28,30,32). The molecule has 3 N–H and O–H groups in total. The van der Waals surface area contributed by atoms with Crippen LogP contribution in [0.15, 0.2) is 30.9 Å². The van der Waals surface area contributed by atoms with Gasteiger partial charge in [-0.25, -0.2) is 9.67 Å². The van der Waals surface area contributed by atoms with Crippen molar-refractivity contribution in [2.45, 2.75) is 27.2 Å². The lowest BCUT2D eigenvalue weighted by Crippen LogP contribution is -2.34. The first-order valence-corrected chi connectivity index (χ1v) is 12.4. The Hall–Kier alpha value is -4.06. The number of aryl methyl sites for hydroxylation is 3. The van der Waals surface area contributed by atoms with Gasteiger partial charge in [0.05, 0.1) is 34.2 Å². The molecule has 194 valence electrons. The van der Waals surface area contributed by atoms with Crippen LogP contribution in [0.25, 0.3) is 11.0 Å². The lowest BCUT2D eigenvalue weighted by molar-refractivity contribution is 0.0949. The second kappa shape index (κ2) is 9.77. The molecule has 4 aromatic heterocycles. The molecule has 1 amide bonds. The predicted molar refractivity (Wildman–Crippen MR) is 142 cm³/mol. The van der Waals surface area contributed by atoms with Gasteiger partial charge in [0, 0.05) is 52.3 Å². The number of nitrogens with zero attached hydrogens (tertiary/aromatic N) is 8. The van der Waals surface area contributed by atoms with Gasteiger partial charge < -0.3 is 20.9 Å². The highest BCUT2D eigenvalue weighted by Gasteiger charge is 2.28. The minimum atomic E-state index is -0.144. The summed E-state index contributed by atoms with van der Waals surface area (Å²) in [6, 6.07) is 1.80. The number of hydrogen-bond acceptors (Lipinski definition) is 9. The molecule has 0 bridgehead atoms. The normalized spacial score (nSPS) is 15.3. The zero-order valence-corrected chi connectivity index (χ0v) is 21.9. The second-order valence-electron chi connectivity index (χ2n) is 10.4. The van der Waals surface area contributed by atoms with E-state index in [9.17, 15) is 4.79 Å². The van der Waals surface area contributed by atoms with Crippen molar-refractivity contribution in [3.63, 3.8) is 0 Å². The molecule has 0 saturated carbocycles. The Bertz CT molecular complexity index is 1440. The van der Waals surface area contributed by atoms with Crippen molar-refractivity contribution in [1.29, 1.82) is 0 Å². The third-order valence-corrected chi connectivity index (χ3v) is 6.61. The zero-order chi connectivity index (χ0) is 26.2. The minimum absolute atomic E-state index is 0.144. The smallest absolute Gasteiger partial charge is 0.252 e. The molecule has 12 nitrogen and oxygen atoms in total. The van der Waals surface area contributed by atoms with Crippen molar-refractivity contribution in [1.82, 2.24) is 44.7 Å². The third kappa shape index (κ3) is 5.53. The maximum atomic E-state index is 12.8. The number of fused-ring (bicyclic) bond motifs is 1. The maximum absolute atomic E-state index is 12.8. The molecule has 0 aliphatic carbocycles. The number of aromatic nitrogens is 7. The quantitative estimate of drug-likeness (QED) is 0.332. The monoisotopic (exact) mass is 503 g/mol. The number of amides is 1. The van der Waals surface area contributed by atoms with Crippen LogP contribution in [0, 0.1) is 12.3 Å². The number of nitrogens with one attached hydrogen (secondary N) is 3. The van der Waals surface area contributed by atoms with E-state index < -0.39 is 0 Å². The van der Waals surface area contributed by atoms with Crippen molar-refractivity contribution in [2.24, 2.45) is 19.5 Å². The summed E-state index contributed by atoms with van der Waals surface area (Å²) in [5.41, 5.74) is 3.76. The summed E-state index contributed by atoms with van der Waals surface area (Å²) in [5, 5.41) is 19.0. The van der Waals surface area contributed by atoms with Gasteiger partial charge in [-0.2, -0.15) is 15.2 Å². The fourth-order valence-electron chi connectivity index (χ4n) is 4.56. The Balaban J connectivity index is 1.27. The molecule has 5 heterocycles. The minimum Gasteiger partial charge on any atom is -0.351 e. The van der Waals surface area contributed by atoms with Crippen LogP contribution in [0.2, 0.25) is 0 Å². The number of rotatable bonds is 8. The Labute approximate surface area is 215 Å². The highest BCUT2D eigenvalue weighted by Crippen LogP contribution is 2.28. The van der Waals surface area contributed by atoms with Crippen LogP contribution in [0.3, 0.4) is 0 Å². The fraction of sp³-hybridized carbons (Fsp3) is 0.440. The largest absolute Gasteiger partial charge is 0.351 e. The van der Waals surface area contributed by atoms with Crippen LogP contribution in [0.4, 0.5) is 23.1 Å². The van der Waals surface area contributed by atoms with Crippen LogP contribution in [0.5, 0.6) is 0 Å². The first kappa shape index (κ1) is 24.6. The first-order valence-electron chi connectivity index (χ1n) is 12.4. The van der Waals surface area contributed by atoms with E-state index in [0.29, 0.717) is 40.6 Å². The van der Waals surface area contributed by atoms with E-state index in [0.717, 1.165) is 36.4 Å². The molecule has 1 saturated heterocycles. The van der Waals surface area contributed by atoms with Gasteiger partial charge in [-0.1, -0.05) is 13.8 Å². The Morgan fingerprint density at radius 3 is 2.70 bits per heavy atom. The summed E-state index contributed by atoms with van der Waals surface area (Å²) in [5.74, 6) is 0.892. The van der Waals surface area contributed by atoms with Gasteiger partial charge in [0.25, 0.3) is 5.91 Å². The van der Waals surface area contributed by atoms with E-state index in [2.05, 4.69) is 59.8 Å². The molecule has 12 heteroatoms. The number of anilines is 4. The summed E-state index contributed by atoms with van der Waals surface area (Å²) < 4.78 is 3.39. The third-order valence-electron chi connectivity index (χ3n) is 6.61. The molecule has 0 radical (unpaired) electrons. The van der Waals surface area contributed by atoms with Gasteiger partial charge in [-0.05, 0) is 31.4 Å². The molecule has 0 atom stereocenters. The van der Waals surface area contributed by atoms with E-state index in [1.165, 1.54) is 6.42 Å². The van der Waals surface area contributed by atoms with Crippen molar-refractivity contribution < 1.29 is 4.79 Å². The summed E-state index contributed by atoms with van der Waals surface area (Å²) in [6.45, 7) is 10.0. The Kier molecular flexibility index (Phi) is 6.50. The van der Waals surface area contributed by atoms with Crippen LogP contribution >= 0.6 is 0 Å². The van der Waals surface area contributed by atoms with Gasteiger partial charge >= 0.3 is 0 Å². The first-order chi connectivity index (χ1) is 17.7. The molecule has 5 rings (SSSR count). The molecule has 1 aliphatic heterocycles. The molecular weight excluding hydrogens is 470 g/mol. The van der Waals surface area contributed by atoms with Crippen LogP contribution < -0.4 is 16.0 Å². The average molecular weight is 504 g/mol. The summed E-state index contributed by atoms with van der Waals surface area (Å²) in [6.07, 6.45) is 8.05. The van der Waals surface area contributed by atoms with E-state index in [1.807, 2.05) is 27.2 Å². The predicted octanol–water partition coefficient (Wildman–Crippen LogP) is 2.75. The van der Waals surface area contributed by atoms with Gasteiger partial charge in [0.1, 0.15) is 0 Å². The van der Waals surface area contributed by atoms with Crippen molar-refractivity contribution in [2.75, 3.05) is 36.8 Å². The van der Waals surface area contributed by atoms with Crippen LogP contribution in [0.1, 0.15) is 36.3 Å². The lowest BCUT2D eigenvalue weighted by Gasteiger charge is -2.19. The molecule has 4 aromatic rings. The van der Waals surface area contributed by atoms with Gasteiger partial charge in [-0.3, -0.25) is 14.5 Å². The summed E-state index contributed by atoms with van der Waals surface area (Å²) >= 11 is 0. The van der Waals surface area contributed by atoms with E-state index in [4.69, 9.17) is 0 Å². The van der Waals surface area contributed by atoms with Crippen molar-refractivity contribution >= 4 is 40.1 Å². The van der Waals surface area contributed by atoms with E-state index in [-0.39, 0.29) is 5.91 Å². The average Bonchev–Trinajstić information content (AvgIpc) is 3.51. The molecule has 0 aromatic carbocycles. The van der Waals surface area contributed by atoms with Crippen LogP contribution in [-0.2, 0) is 14.1 Å². The van der Waals surface area contributed by atoms with Crippen molar-refractivity contribution in [3.05, 3.63) is 42.1 Å². The number of hydrogen-bond donors (Lipinski definition) is 3. The van der Waals surface area contributed by atoms with Crippen LogP contribution in [-0.4, -0.2) is 71.5 Å². The molecule has 0 spiro atoms. The number of likely N-dealkylation sites (tertiary alicyclic amines) is 1. The Morgan fingerprint density at radius 1 is 1.14 bits per heavy atom. The maximum Gasteiger partial charge on any atom is 0.252 e. The summed E-state index contributed by atoms with van der Waals surface area (Å²) in [4.78, 5) is 28.7. The van der Waals surface area contributed by atoms with Gasteiger partial charge in [-0.15, -0.1) is 0 Å². The lowest BCUT2D eigenvalue weighted by atomic mass is 9.93. The number of carbonyl (C=O) groups excluding carboxylic acids is 1. The molecule has 1 fully saturated rings. The molecular formula is C25H33N11O. The molecule has 0 unspecified atom stereocenters. The topological polar surface area (TPSA) is 131 Å². The highest BCUT2D eigenvalue weighted by molar-refractivity contribution is 5.96. The van der Waals surface area contributed by atoms with Crippen molar-refractivity contribution in [3.8, 4) is 0 Å². The number of carbonyl (C=O) groups is 1. The Morgan fingerprint density at radius 2 is 1.97 bits per heavy atom. The summed E-state index contributed by atoms with van der Waals surface area (Å²) in [7, 11) is 3.67. The highest BCUT2D eigenvalue weighted by atomic mass is 16.1. The number of pyridine rings is 1. The van der Waals surface area contributed by atoms with E-state index in [1.54, 1.807) is 34.0 Å². The second-order valence-corrected chi connectivity index (χ2v) is 10.4. The SMILES string of the molecule is Cc1ncc(C(=O)NCCN2CCC(C)(C)C2)cc1Nc1nn(C)c2nc(Nc3cnn(C)c3)ncc12. The zero-order valence-electron chi connectivity index (χ0n) is 21.9. The van der Waals surface area contributed by atoms with Gasteiger partial charge in [0.2, 0.25) is 5.95 Å². The van der Waals surface area contributed by atoms with Gasteiger partial charge in [0.15, 0.2) is 11.5 Å². The molecule has 1 aliphatic rings. The molecule has 37 heavy (non-hydrogen) atoms. The van der Waals surface area contributed by atoms with E-state index >= 15 is 0 Å². The fourth-order valence-corrected chi connectivity index (χ4v) is 4.56.